The second-order valence-corrected chi connectivity index (χ2v) is 15.7. The Labute approximate surface area is 345 Å². The molecule has 4 heterocycles. The number of nitrogens with zero attached hydrogens (tertiary/aromatic N) is 3. The highest BCUT2D eigenvalue weighted by molar-refractivity contribution is 6.24. The van der Waals surface area contributed by atoms with E-state index in [1.54, 1.807) is 0 Å². The molecule has 0 aliphatic rings. The lowest BCUT2D eigenvalue weighted by Gasteiger charge is -2.26. The van der Waals surface area contributed by atoms with Gasteiger partial charge in [0.25, 0.3) is 0 Å². The van der Waals surface area contributed by atoms with Gasteiger partial charge in [-0.15, -0.1) is 0 Å². The van der Waals surface area contributed by atoms with Crippen LogP contribution in [0.5, 0.6) is 0 Å². The number of rotatable bonds is 6. The normalized spacial score (nSPS) is 12.0. The number of imidazole rings is 1. The zero-order valence-electron chi connectivity index (χ0n) is 32.5. The van der Waals surface area contributed by atoms with Gasteiger partial charge in [-0.25, -0.2) is 0 Å². The van der Waals surface area contributed by atoms with Crippen molar-refractivity contribution in [2.75, 3.05) is 4.90 Å². The lowest BCUT2D eigenvalue weighted by molar-refractivity contribution is 0.669. The molecule has 0 saturated heterocycles. The van der Waals surface area contributed by atoms with Crippen LogP contribution in [0.4, 0.5) is 17.1 Å². The van der Waals surface area contributed by atoms with Crippen LogP contribution in [0.2, 0.25) is 0 Å². The summed E-state index contributed by atoms with van der Waals surface area (Å²) in [5, 5.41) is 6.07. The van der Waals surface area contributed by atoms with Gasteiger partial charge in [0, 0.05) is 55.6 Å². The number of furan rings is 1. The molecule has 0 aliphatic heterocycles. The van der Waals surface area contributed by atoms with Gasteiger partial charge in [-0.05, 0) is 94.5 Å². The molecule has 13 rings (SSSR count). The summed E-state index contributed by atoms with van der Waals surface area (Å²) in [7, 11) is 0. The Balaban J connectivity index is 0.952. The number of para-hydroxylation sites is 3. The van der Waals surface area contributed by atoms with E-state index in [0.29, 0.717) is 0 Å². The molecule has 4 aromatic heterocycles. The number of anilines is 3. The van der Waals surface area contributed by atoms with Gasteiger partial charge in [0.15, 0.2) is 0 Å². The van der Waals surface area contributed by atoms with E-state index in [2.05, 4.69) is 226 Å². The number of hydrogen-bond donors (Lipinski definition) is 0. The van der Waals surface area contributed by atoms with Crippen molar-refractivity contribution in [2.45, 2.75) is 0 Å². The first-order chi connectivity index (χ1) is 29.8. The molecule has 4 nitrogen and oxygen atoms in total. The minimum absolute atomic E-state index is 0.852. The van der Waals surface area contributed by atoms with Crippen molar-refractivity contribution >= 4 is 82.9 Å². The topological polar surface area (TPSA) is 25.2 Å². The SMILES string of the molecule is c1ccc(-c2ccc(N(c3ccc(-c4ccccc4)cc3)c3ccc4c(c3)oc3cc(-c5cccc6c5n5c7ccccc7c7c8ccccc8n6c75)ccc34)cc2)cc1. The number of aromatic nitrogens is 2. The molecule has 0 aliphatic carbocycles. The van der Waals surface area contributed by atoms with Crippen molar-refractivity contribution in [1.29, 1.82) is 0 Å². The molecule has 0 atom stereocenters. The zero-order valence-corrected chi connectivity index (χ0v) is 32.5. The maximum Gasteiger partial charge on any atom is 0.137 e. The third kappa shape index (κ3) is 4.79. The highest BCUT2D eigenvalue weighted by Gasteiger charge is 2.24. The summed E-state index contributed by atoms with van der Waals surface area (Å²) in [5.41, 5.74) is 18.0. The van der Waals surface area contributed by atoms with Crippen LogP contribution < -0.4 is 4.90 Å². The van der Waals surface area contributed by atoms with E-state index in [1.807, 2.05) is 0 Å². The van der Waals surface area contributed by atoms with Gasteiger partial charge < -0.3 is 9.32 Å². The molecular weight excluding hydrogens is 731 g/mol. The third-order valence-corrected chi connectivity index (χ3v) is 12.4. The quantitative estimate of drug-likeness (QED) is 0.168. The predicted molar refractivity (Wildman–Crippen MR) is 250 cm³/mol. The van der Waals surface area contributed by atoms with Crippen molar-refractivity contribution in [3.8, 4) is 33.4 Å². The molecule has 9 aromatic carbocycles. The number of hydrogen-bond acceptors (Lipinski definition) is 2. The second-order valence-electron chi connectivity index (χ2n) is 15.7. The third-order valence-electron chi connectivity index (χ3n) is 12.4. The Bertz CT molecular complexity index is 3650. The molecule has 13 aromatic rings. The molecule has 0 saturated carbocycles. The Morgan fingerprint density at radius 2 is 0.817 bits per heavy atom. The molecule has 0 N–H and O–H groups in total. The van der Waals surface area contributed by atoms with Crippen LogP contribution in [-0.4, -0.2) is 8.80 Å². The van der Waals surface area contributed by atoms with Gasteiger partial charge >= 0.3 is 0 Å². The molecule has 4 heteroatoms. The first kappa shape index (κ1) is 32.9. The summed E-state index contributed by atoms with van der Waals surface area (Å²) in [5.74, 6) is 0. The summed E-state index contributed by atoms with van der Waals surface area (Å²) in [6.45, 7) is 0. The Kier molecular flexibility index (Phi) is 6.98. The summed E-state index contributed by atoms with van der Waals surface area (Å²) in [6, 6.07) is 76.3. The Morgan fingerprint density at radius 1 is 0.333 bits per heavy atom. The van der Waals surface area contributed by atoms with E-state index in [1.165, 1.54) is 71.7 Å². The van der Waals surface area contributed by atoms with Crippen LogP contribution in [0.25, 0.3) is 99.2 Å². The Hall–Kier alpha value is -8.08. The first-order valence-electron chi connectivity index (χ1n) is 20.5. The average Bonchev–Trinajstić information content (AvgIpc) is 4.05. The van der Waals surface area contributed by atoms with E-state index in [4.69, 9.17) is 4.42 Å². The molecule has 60 heavy (non-hydrogen) atoms. The van der Waals surface area contributed by atoms with Crippen molar-refractivity contribution in [1.82, 2.24) is 8.80 Å². The predicted octanol–water partition coefficient (Wildman–Crippen LogP) is 15.5. The van der Waals surface area contributed by atoms with Crippen LogP contribution in [0.3, 0.4) is 0 Å². The standard InChI is InChI=1S/C56H35N3O/c1-3-12-36(13-4-1)38-22-27-41(28-23-38)57(42-29-24-39(25-30-42)37-14-5-2-6-15-37)43-31-33-46-45-32-26-40(34-52(45)60-53(46)35-43)44-18-11-21-51-55(44)59-50-20-10-8-17-48(50)54-47-16-7-9-19-49(47)58(51)56(54)59/h1-35H. The summed E-state index contributed by atoms with van der Waals surface area (Å²) >= 11 is 0. The average molecular weight is 766 g/mol. The fourth-order valence-electron chi connectivity index (χ4n) is 9.73. The van der Waals surface area contributed by atoms with Crippen molar-refractivity contribution in [2.24, 2.45) is 0 Å². The maximum absolute atomic E-state index is 6.83. The van der Waals surface area contributed by atoms with Crippen molar-refractivity contribution < 1.29 is 4.42 Å². The van der Waals surface area contributed by atoms with Crippen molar-refractivity contribution in [3.05, 3.63) is 212 Å². The van der Waals surface area contributed by atoms with E-state index < -0.39 is 0 Å². The number of benzene rings is 9. The Morgan fingerprint density at radius 3 is 1.45 bits per heavy atom. The van der Waals surface area contributed by atoms with E-state index in [9.17, 15) is 0 Å². The smallest absolute Gasteiger partial charge is 0.137 e. The first-order valence-corrected chi connectivity index (χ1v) is 20.5. The summed E-state index contributed by atoms with van der Waals surface area (Å²) < 4.78 is 11.7. The molecular formula is C56H35N3O. The molecule has 280 valence electrons. The summed E-state index contributed by atoms with van der Waals surface area (Å²) in [6.07, 6.45) is 0. The maximum atomic E-state index is 6.83. The highest BCUT2D eigenvalue weighted by atomic mass is 16.3. The van der Waals surface area contributed by atoms with Crippen LogP contribution >= 0.6 is 0 Å². The van der Waals surface area contributed by atoms with Gasteiger partial charge in [0.1, 0.15) is 16.8 Å². The van der Waals surface area contributed by atoms with Crippen LogP contribution in [0, 0.1) is 0 Å². The van der Waals surface area contributed by atoms with Gasteiger partial charge in [0.2, 0.25) is 0 Å². The zero-order chi connectivity index (χ0) is 39.3. The van der Waals surface area contributed by atoms with Crippen molar-refractivity contribution in [3.63, 3.8) is 0 Å². The van der Waals surface area contributed by atoms with E-state index in [0.717, 1.165) is 44.6 Å². The molecule has 0 unspecified atom stereocenters. The highest BCUT2D eigenvalue weighted by Crippen LogP contribution is 2.45. The molecule has 0 bridgehead atoms. The second kappa shape index (κ2) is 12.7. The fourth-order valence-corrected chi connectivity index (χ4v) is 9.73. The van der Waals surface area contributed by atoms with Crippen LogP contribution in [0.1, 0.15) is 0 Å². The number of fused-ring (bicyclic) bond motifs is 12. The van der Waals surface area contributed by atoms with Gasteiger partial charge in [-0.3, -0.25) is 8.80 Å². The van der Waals surface area contributed by atoms with Gasteiger partial charge in [-0.2, -0.15) is 0 Å². The van der Waals surface area contributed by atoms with E-state index in [-0.39, 0.29) is 0 Å². The fraction of sp³-hybridized carbons (Fsp3) is 0. The van der Waals surface area contributed by atoms with Crippen LogP contribution in [0.15, 0.2) is 217 Å². The molecule has 0 spiro atoms. The molecule has 0 fully saturated rings. The molecule has 0 amide bonds. The van der Waals surface area contributed by atoms with Crippen LogP contribution in [-0.2, 0) is 0 Å². The monoisotopic (exact) mass is 765 g/mol. The minimum Gasteiger partial charge on any atom is -0.456 e. The van der Waals surface area contributed by atoms with Gasteiger partial charge in [0.05, 0.1) is 22.1 Å². The lowest BCUT2D eigenvalue weighted by atomic mass is 10.0. The lowest BCUT2D eigenvalue weighted by Crippen LogP contribution is -2.09. The molecule has 0 radical (unpaired) electrons. The summed E-state index contributed by atoms with van der Waals surface area (Å²) in [4.78, 5) is 2.32. The minimum atomic E-state index is 0.852. The largest absolute Gasteiger partial charge is 0.456 e. The van der Waals surface area contributed by atoms with E-state index >= 15 is 0 Å². The van der Waals surface area contributed by atoms with Gasteiger partial charge in [-0.1, -0.05) is 140 Å².